The van der Waals surface area contributed by atoms with Crippen LogP contribution in [0.1, 0.15) is 17.4 Å². The Morgan fingerprint density at radius 2 is 2.13 bits per heavy atom. The molecule has 0 saturated heterocycles. The number of aromatic nitrogens is 1. The molecule has 0 unspecified atom stereocenters. The number of fused-ring (bicyclic) bond motifs is 1. The second-order valence-electron chi connectivity index (χ2n) is 5.29. The third-order valence-electron chi connectivity index (χ3n) is 3.82. The molecule has 0 N–H and O–H groups in total. The number of hydrogen-bond donors (Lipinski definition) is 0. The molecule has 1 aromatic heterocycles. The number of hydrogen-bond acceptors (Lipinski definition) is 4. The van der Waals surface area contributed by atoms with Crippen molar-refractivity contribution >= 4 is 17.3 Å². The molecule has 0 bridgehead atoms. The molecule has 1 amide bonds. The van der Waals surface area contributed by atoms with E-state index in [9.17, 15) is 9.18 Å². The van der Waals surface area contributed by atoms with E-state index in [4.69, 9.17) is 4.74 Å². The lowest BCUT2D eigenvalue weighted by Crippen LogP contribution is -2.43. The van der Waals surface area contributed by atoms with Gasteiger partial charge in [-0.15, -0.1) is 0 Å². The van der Waals surface area contributed by atoms with Crippen LogP contribution in [-0.2, 0) is 0 Å². The van der Waals surface area contributed by atoms with Crippen molar-refractivity contribution in [3.05, 3.63) is 48.0 Å². The Kier molecular flexibility index (Phi) is 4.14. The van der Waals surface area contributed by atoms with E-state index in [0.717, 1.165) is 5.69 Å². The first kappa shape index (κ1) is 15.3. The maximum atomic E-state index is 13.7. The number of pyridine rings is 1. The quantitative estimate of drug-likeness (QED) is 0.874. The molecule has 1 aliphatic heterocycles. The Balaban J connectivity index is 2.02. The number of benzene rings is 1. The lowest BCUT2D eigenvalue weighted by atomic mass is 10.1. The number of amides is 1. The number of ether oxygens (including phenoxy) is 1. The summed E-state index contributed by atoms with van der Waals surface area (Å²) < 4.78 is 19.2. The molecular weight excluding hydrogens is 297 g/mol. The average molecular weight is 315 g/mol. The molecule has 120 valence electrons. The van der Waals surface area contributed by atoms with Gasteiger partial charge in [0.25, 0.3) is 5.91 Å². The molecule has 23 heavy (non-hydrogen) atoms. The number of nitrogens with zero attached hydrogens (tertiary/aromatic N) is 3. The molecular formula is C17H18FN3O2. The highest BCUT2D eigenvalue weighted by atomic mass is 19.1. The van der Waals surface area contributed by atoms with Crippen molar-refractivity contribution in [3.8, 4) is 5.75 Å². The van der Waals surface area contributed by atoms with Crippen LogP contribution in [0.15, 0.2) is 36.5 Å². The molecule has 2 aromatic rings. The summed E-state index contributed by atoms with van der Waals surface area (Å²) >= 11 is 0. The van der Waals surface area contributed by atoms with Crippen molar-refractivity contribution in [1.82, 2.24) is 4.98 Å². The highest BCUT2D eigenvalue weighted by molar-refractivity contribution is 6.08. The predicted molar refractivity (Wildman–Crippen MR) is 86.8 cm³/mol. The molecule has 2 heterocycles. The summed E-state index contributed by atoms with van der Waals surface area (Å²) in [5, 5.41) is 0. The smallest absolute Gasteiger partial charge is 0.280 e. The van der Waals surface area contributed by atoms with Crippen LogP contribution < -0.4 is 14.5 Å². The van der Waals surface area contributed by atoms with E-state index < -0.39 is 0 Å². The number of carbonyl (C=O) groups is 1. The van der Waals surface area contributed by atoms with Crippen molar-refractivity contribution in [1.29, 1.82) is 0 Å². The summed E-state index contributed by atoms with van der Waals surface area (Å²) in [5.74, 6) is -0.214. The van der Waals surface area contributed by atoms with E-state index in [2.05, 4.69) is 4.98 Å². The van der Waals surface area contributed by atoms with Crippen molar-refractivity contribution in [2.24, 2.45) is 0 Å². The number of halogens is 1. The molecule has 0 radical (unpaired) electrons. The first-order valence-electron chi connectivity index (χ1n) is 7.52. The van der Waals surface area contributed by atoms with Crippen molar-refractivity contribution in [3.63, 3.8) is 0 Å². The normalized spacial score (nSPS) is 13.7. The molecule has 6 heteroatoms. The highest BCUT2D eigenvalue weighted by Crippen LogP contribution is 2.34. The van der Waals surface area contributed by atoms with Gasteiger partial charge in [-0.1, -0.05) is 0 Å². The van der Waals surface area contributed by atoms with Crippen molar-refractivity contribution in [2.45, 2.75) is 6.92 Å². The first-order chi connectivity index (χ1) is 11.1. The molecule has 1 aliphatic rings. The van der Waals surface area contributed by atoms with Gasteiger partial charge in [0.05, 0.1) is 18.0 Å². The number of rotatable bonds is 3. The Morgan fingerprint density at radius 1 is 1.30 bits per heavy atom. The molecule has 1 aromatic carbocycles. The van der Waals surface area contributed by atoms with Gasteiger partial charge in [0.2, 0.25) is 0 Å². The Morgan fingerprint density at radius 3 is 2.91 bits per heavy atom. The first-order valence-corrected chi connectivity index (χ1v) is 7.52. The van der Waals surface area contributed by atoms with Gasteiger partial charge >= 0.3 is 0 Å². The second kappa shape index (κ2) is 6.24. The molecule has 0 spiro atoms. The fraction of sp³-hybridized carbons (Fsp3) is 0.294. The van der Waals surface area contributed by atoms with Gasteiger partial charge in [-0.3, -0.25) is 4.79 Å². The van der Waals surface area contributed by atoms with Crippen molar-refractivity contribution in [2.75, 3.05) is 36.5 Å². The third kappa shape index (κ3) is 2.84. The second-order valence-corrected chi connectivity index (χ2v) is 5.29. The Hall–Kier alpha value is -2.63. The van der Waals surface area contributed by atoms with Gasteiger partial charge in [-0.05, 0) is 37.3 Å². The number of anilines is 2. The molecule has 0 saturated carbocycles. The summed E-state index contributed by atoms with van der Waals surface area (Å²) in [7, 11) is 1.92. The molecule has 0 fully saturated rings. The largest absolute Gasteiger partial charge is 0.491 e. The van der Waals surface area contributed by atoms with Crippen LogP contribution in [0.3, 0.4) is 0 Å². The van der Waals surface area contributed by atoms with Crippen LogP contribution in [0.5, 0.6) is 5.75 Å². The van der Waals surface area contributed by atoms with Crippen LogP contribution >= 0.6 is 0 Å². The summed E-state index contributed by atoms with van der Waals surface area (Å²) in [6, 6.07) is 7.90. The zero-order valence-corrected chi connectivity index (χ0v) is 13.1. The van der Waals surface area contributed by atoms with Crippen LogP contribution in [0.4, 0.5) is 15.8 Å². The molecule has 0 atom stereocenters. The summed E-state index contributed by atoms with van der Waals surface area (Å²) in [6.07, 6.45) is 1.55. The minimum atomic E-state index is -0.372. The topological polar surface area (TPSA) is 45.7 Å². The van der Waals surface area contributed by atoms with Crippen LogP contribution in [-0.4, -0.2) is 37.6 Å². The van der Waals surface area contributed by atoms with E-state index >= 15 is 0 Å². The van der Waals surface area contributed by atoms with E-state index in [1.54, 1.807) is 29.3 Å². The van der Waals surface area contributed by atoms with Gasteiger partial charge in [-0.25, -0.2) is 9.37 Å². The van der Waals surface area contributed by atoms with Gasteiger partial charge in [0.15, 0.2) is 11.4 Å². The average Bonchev–Trinajstić information content (AvgIpc) is 2.55. The maximum Gasteiger partial charge on any atom is 0.280 e. The summed E-state index contributed by atoms with van der Waals surface area (Å²) in [6.45, 7) is 3.43. The number of carbonyl (C=O) groups excluding carboxylic acids is 1. The molecule has 5 nitrogen and oxygen atoms in total. The predicted octanol–water partition coefficient (Wildman–Crippen LogP) is 2.72. The SMILES string of the molecule is CCOc1cccnc1C(=O)N1CCN(C)c2ccc(F)cc21. The lowest BCUT2D eigenvalue weighted by Gasteiger charge is -2.35. The lowest BCUT2D eigenvalue weighted by molar-refractivity contribution is 0.0978. The van der Waals surface area contributed by atoms with Crippen molar-refractivity contribution < 1.29 is 13.9 Å². The summed E-state index contributed by atoms with van der Waals surface area (Å²) in [4.78, 5) is 20.6. The van der Waals surface area contributed by atoms with E-state index in [-0.39, 0.29) is 17.4 Å². The van der Waals surface area contributed by atoms with Crippen LogP contribution in [0.2, 0.25) is 0 Å². The van der Waals surface area contributed by atoms with Crippen LogP contribution in [0, 0.1) is 5.82 Å². The zero-order valence-electron chi connectivity index (χ0n) is 13.1. The molecule has 3 rings (SSSR count). The summed E-state index contributed by atoms with van der Waals surface area (Å²) in [5.41, 5.74) is 1.62. The third-order valence-corrected chi connectivity index (χ3v) is 3.82. The van der Waals surface area contributed by atoms with Crippen LogP contribution in [0.25, 0.3) is 0 Å². The minimum Gasteiger partial charge on any atom is -0.491 e. The standard InChI is InChI=1S/C17H18FN3O2/c1-3-23-15-5-4-8-19-16(15)17(22)21-10-9-20(2)13-7-6-12(18)11-14(13)21/h4-8,11H,3,9-10H2,1-2H3. The number of likely N-dealkylation sites (N-methyl/N-ethyl adjacent to an activating group) is 1. The monoisotopic (exact) mass is 315 g/mol. The fourth-order valence-electron chi connectivity index (χ4n) is 2.69. The maximum absolute atomic E-state index is 13.7. The van der Waals surface area contributed by atoms with E-state index in [1.165, 1.54) is 12.1 Å². The minimum absolute atomic E-state index is 0.245. The fourth-order valence-corrected chi connectivity index (χ4v) is 2.69. The Bertz CT molecular complexity index is 736. The zero-order chi connectivity index (χ0) is 16.4. The van der Waals surface area contributed by atoms with E-state index in [0.29, 0.717) is 31.1 Å². The Labute approximate surface area is 134 Å². The van der Waals surface area contributed by atoms with Gasteiger partial charge in [0, 0.05) is 26.3 Å². The van der Waals surface area contributed by atoms with Gasteiger partial charge in [-0.2, -0.15) is 0 Å². The molecule has 0 aliphatic carbocycles. The van der Waals surface area contributed by atoms with Gasteiger partial charge in [0.1, 0.15) is 5.82 Å². The van der Waals surface area contributed by atoms with E-state index in [1.807, 2.05) is 18.9 Å². The van der Waals surface area contributed by atoms with Gasteiger partial charge < -0.3 is 14.5 Å². The highest BCUT2D eigenvalue weighted by Gasteiger charge is 2.29.